The van der Waals surface area contributed by atoms with Crippen molar-refractivity contribution in [2.24, 2.45) is 5.92 Å². The van der Waals surface area contributed by atoms with E-state index in [1.165, 1.54) is 29.4 Å². The van der Waals surface area contributed by atoms with Crippen molar-refractivity contribution in [2.45, 2.75) is 38.5 Å². The number of sulfonamides is 1. The molecule has 1 atom stereocenters. The molecule has 7 nitrogen and oxygen atoms in total. The number of aryl methyl sites for hydroxylation is 1. The minimum absolute atomic E-state index is 0.0734. The normalized spacial score (nSPS) is 17.2. The van der Waals surface area contributed by atoms with Gasteiger partial charge in [-0.2, -0.15) is 4.31 Å². The van der Waals surface area contributed by atoms with E-state index in [0.717, 1.165) is 18.4 Å². The van der Waals surface area contributed by atoms with E-state index >= 15 is 0 Å². The van der Waals surface area contributed by atoms with Crippen molar-refractivity contribution in [1.82, 2.24) is 4.31 Å². The molecule has 0 spiro atoms. The van der Waals surface area contributed by atoms with Crippen molar-refractivity contribution in [3.05, 3.63) is 52.5 Å². The Morgan fingerprint density at radius 1 is 1.10 bits per heavy atom. The van der Waals surface area contributed by atoms with Crippen LogP contribution in [0.4, 0.5) is 11.4 Å². The molecule has 0 aliphatic carbocycles. The summed E-state index contributed by atoms with van der Waals surface area (Å²) in [5, 5.41) is 5.50. The SMILES string of the molecule is CC(=O)Nc1ccc(C)cc1NC(=O)c1ccc(Cl)c(S(=O)(=O)N2CCCC(C)C2)c1. The Kier molecular flexibility index (Phi) is 7.03. The molecular weight excluding hydrogens is 438 g/mol. The summed E-state index contributed by atoms with van der Waals surface area (Å²) < 4.78 is 27.8. The minimum Gasteiger partial charge on any atom is -0.325 e. The summed E-state index contributed by atoms with van der Waals surface area (Å²) in [6, 6.07) is 9.44. The van der Waals surface area contributed by atoms with Crippen LogP contribution >= 0.6 is 11.6 Å². The second-order valence-corrected chi connectivity index (χ2v) is 10.3. The molecule has 1 heterocycles. The van der Waals surface area contributed by atoms with Crippen LogP contribution in [-0.2, 0) is 14.8 Å². The van der Waals surface area contributed by atoms with Crippen LogP contribution in [0.3, 0.4) is 0 Å². The third kappa shape index (κ3) is 5.44. The molecule has 0 bridgehead atoms. The van der Waals surface area contributed by atoms with Gasteiger partial charge in [0.05, 0.1) is 16.4 Å². The summed E-state index contributed by atoms with van der Waals surface area (Å²) in [5.41, 5.74) is 1.92. The average molecular weight is 464 g/mol. The molecule has 1 fully saturated rings. The largest absolute Gasteiger partial charge is 0.325 e. The maximum atomic E-state index is 13.2. The first-order valence-corrected chi connectivity index (χ1v) is 11.9. The minimum atomic E-state index is -3.82. The molecule has 2 N–H and O–H groups in total. The van der Waals surface area contributed by atoms with Gasteiger partial charge in [0.1, 0.15) is 4.90 Å². The molecule has 1 unspecified atom stereocenters. The lowest BCUT2D eigenvalue weighted by molar-refractivity contribution is -0.114. The van der Waals surface area contributed by atoms with Gasteiger partial charge in [0.25, 0.3) is 5.91 Å². The van der Waals surface area contributed by atoms with Gasteiger partial charge in [0, 0.05) is 25.6 Å². The van der Waals surface area contributed by atoms with Crippen LogP contribution in [0.2, 0.25) is 5.02 Å². The Labute approximate surface area is 187 Å². The molecule has 3 rings (SSSR count). The summed E-state index contributed by atoms with van der Waals surface area (Å²) in [6.45, 7) is 6.12. The molecule has 0 aromatic heterocycles. The van der Waals surface area contributed by atoms with Gasteiger partial charge in [-0.1, -0.05) is 24.6 Å². The Balaban J connectivity index is 1.91. The number of hydrogen-bond donors (Lipinski definition) is 2. The fourth-order valence-corrected chi connectivity index (χ4v) is 5.70. The summed E-state index contributed by atoms with van der Waals surface area (Å²) in [5.74, 6) is -0.505. The summed E-state index contributed by atoms with van der Waals surface area (Å²) in [6.07, 6.45) is 1.77. The number of benzene rings is 2. The molecule has 1 saturated heterocycles. The molecule has 1 aliphatic rings. The number of carbonyl (C=O) groups is 2. The van der Waals surface area contributed by atoms with E-state index in [0.29, 0.717) is 24.5 Å². The van der Waals surface area contributed by atoms with Crippen LogP contribution in [0.25, 0.3) is 0 Å². The van der Waals surface area contributed by atoms with Gasteiger partial charge in [0.2, 0.25) is 15.9 Å². The van der Waals surface area contributed by atoms with E-state index in [4.69, 9.17) is 11.6 Å². The van der Waals surface area contributed by atoms with Gasteiger partial charge >= 0.3 is 0 Å². The van der Waals surface area contributed by atoms with E-state index in [-0.39, 0.29) is 27.3 Å². The quantitative estimate of drug-likeness (QED) is 0.691. The number of hydrogen-bond acceptors (Lipinski definition) is 4. The van der Waals surface area contributed by atoms with Crippen LogP contribution in [-0.4, -0.2) is 37.6 Å². The zero-order chi connectivity index (χ0) is 22.8. The molecule has 1 aliphatic heterocycles. The third-order valence-corrected chi connectivity index (χ3v) is 7.51. The highest BCUT2D eigenvalue weighted by atomic mass is 35.5. The second-order valence-electron chi connectivity index (χ2n) is 7.94. The Hall–Kier alpha value is -2.42. The molecule has 0 radical (unpaired) electrons. The molecule has 0 saturated carbocycles. The predicted octanol–water partition coefficient (Wildman–Crippen LogP) is 4.28. The lowest BCUT2D eigenvalue weighted by Crippen LogP contribution is -2.39. The lowest BCUT2D eigenvalue weighted by Gasteiger charge is -2.30. The first-order valence-electron chi connectivity index (χ1n) is 10.1. The lowest BCUT2D eigenvalue weighted by atomic mass is 10.0. The van der Waals surface area contributed by atoms with Gasteiger partial charge in [-0.15, -0.1) is 0 Å². The molecule has 2 aromatic carbocycles. The molecule has 2 amide bonds. The van der Waals surface area contributed by atoms with Crippen molar-refractivity contribution in [2.75, 3.05) is 23.7 Å². The highest BCUT2D eigenvalue weighted by Crippen LogP contribution is 2.30. The number of carbonyl (C=O) groups excluding carboxylic acids is 2. The predicted molar refractivity (Wildman–Crippen MR) is 122 cm³/mol. The Morgan fingerprint density at radius 3 is 2.52 bits per heavy atom. The number of halogens is 1. The van der Waals surface area contributed by atoms with Gasteiger partial charge in [-0.3, -0.25) is 9.59 Å². The number of anilines is 2. The topological polar surface area (TPSA) is 95.6 Å². The highest BCUT2D eigenvalue weighted by molar-refractivity contribution is 7.89. The van der Waals surface area contributed by atoms with Crippen LogP contribution < -0.4 is 10.6 Å². The monoisotopic (exact) mass is 463 g/mol. The van der Waals surface area contributed by atoms with Crippen molar-refractivity contribution in [3.63, 3.8) is 0 Å². The standard InChI is InChI=1S/C22H26ClN3O4S/c1-14-6-9-19(24-16(3)27)20(11-14)25-22(28)17-7-8-18(23)21(12-17)31(29,30)26-10-4-5-15(2)13-26/h6-9,11-12,15H,4-5,10,13H2,1-3H3,(H,24,27)(H,25,28). The van der Waals surface area contributed by atoms with Crippen molar-refractivity contribution in [3.8, 4) is 0 Å². The first-order chi connectivity index (χ1) is 14.6. The van der Waals surface area contributed by atoms with E-state index in [1.54, 1.807) is 12.1 Å². The van der Waals surface area contributed by atoms with Crippen molar-refractivity contribution < 1.29 is 18.0 Å². The smallest absolute Gasteiger partial charge is 0.255 e. The number of nitrogens with zero attached hydrogens (tertiary/aromatic N) is 1. The van der Waals surface area contributed by atoms with Crippen LogP contribution in [0, 0.1) is 12.8 Å². The Bertz CT molecular complexity index is 1120. The highest BCUT2D eigenvalue weighted by Gasteiger charge is 2.31. The number of nitrogens with one attached hydrogen (secondary N) is 2. The summed E-state index contributed by atoms with van der Waals surface area (Å²) in [7, 11) is -3.82. The van der Waals surface area contributed by atoms with E-state index < -0.39 is 15.9 Å². The summed E-state index contributed by atoms with van der Waals surface area (Å²) >= 11 is 6.22. The molecule has 31 heavy (non-hydrogen) atoms. The molecular formula is C22H26ClN3O4S. The zero-order valence-electron chi connectivity index (χ0n) is 17.7. The van der Waals surface area contributed by atoms with Gasteiger partial charge in [-0.05, 0) is 61.6 Å². The Morgan fingerprint density at radius 2 is 1.84 bits per heavy atom. The van der Waals surface area contributed by atoms with E-state index in [1.807, 2.05) is 19.9 Å². The zero-order valence-corrected chi connectivity index (χ0v) is 19.3. The molecule has 2 aromatic rings. The molecule has 166 valence electrons. The maximum Gasteiger partial charge on any atom is 0.255 e. The van der Waals surface area contributed by atoms with Crippen molar-refractivity contribution in [1.29, 1.82) is 0 Å². The van der Waals surface area contributed by atoms with Crippen LogP contribution in [0.1, 0.15) is 42.6 Å². The number of rotatable bonds is 5. The van der Waals surface area contributed by atoms with E-state index in [2.05, 4.69) is 10.6 Å². The van der Waals surface area contributed by atoms with Crippen LogP contribution in [0.15, 0.2) is 41.3 Å². The van der Waals surface area contributed by atoms with Gasteiger partial charge < -0.3 is 10.6 Å². The fraction of sp³-hybridized carbons (Fsp3) is 0.364. The summed E-state index contributed by atoms with van der Waals surface area (Å²) in [4.78, 5) is 24.3. The third-order valence-electron chi connectivity index (χ3n) is 5.16. The first kappa shape index (κ1) is 23.2. The maximum absolute atomic E-state index is 13.2. The van der Waals surface area contributed by atoms with Crippen molar-refractivity contribution >= 4 is 44.8 Å². The van der Waals surface area contributed by atoms with Crippen LogP contribution in [0.5, 0.6) is 0 Å². The number of piperidine rings is 1. The second kappa shape index (κ2) is 9.38. The number of amides is 2. The molecule has 9 heteroatoms. The van der Waals surface area contributed by atoms with Gasteiger partial charge in [-0.25, -0.2) is 8.42 Å². The average Bonchev–Trinajstić information content (AvgIpc) is 2.70. The van der Waals surface area contributed by atoms with E-state index in [9.17, 15) is 18.0 Å². The van der Waals surface area contributed by atoms with Gasteiger partial charge in [0.15, 0.2) is 0 Å². The fourth-order valence-electron chi connectivity index (χ4n) is 3.60.